The van der Waals surface area contributed by atoms with Gasteiger partial charge in [-0.15, -0.1) is 0 Å². The maximum atomic E-state index is 11.6. The van der Waals surface area contributed by atoms with Gasteiger partial charge in [0.2, 0.25) is 11.8 Å². The van der Waals surface area contributed by atoms with Crippen LogP contribution < -0.4 is 5.32 Å². The van der Waals surface area contributed by atoms with Crippen LogP contribution in [0.3, 0.4) is 0 Å². The van der Waals surface area contributed by atoms with Crippen LogP contribution in [0.5, 0.6) is 0 Å². The van der Waals surface area contributed by atoms with Gasteiger partial charge in [0.15, 0.2) is 0 Å². The second-order valence-electron chi connectivity index (χ2n) is 5.16. The molecule has 0 aromatic heterocycles. The van der Waals surface area contributed by atoms with E-state index in [2.05, 4.69) is 5.32 Å². The molecule has 1 aliphatic rings. The van der Waals surface area contributed by atoms with Crippen LogP contribution in [0.1, 0.15) is 27.2 Å². The number of nitrogens with zero attached hydrogens (tertiary/aromatic N) is 1. The summed E-state index contributed by atoms with van der Waals surface area (Å²) in [6.45, 7) is 6.06. The number of nitrogens with one attached hydrogen (secondary N) is 1. The Morgan fingerprint density at radius 2 is 2.12 bits per heavy atom. The largest absolute Gasteiger partial charge is 0.389 e. The summed E-state index contributed by atoms with van der Waals surface area (Å²) in [7, 11) is 0. The van der Waals surface area contributed by atoms with Gasteiger partial charge in [0.1, 0.15) is 6.61 Å². The summed E-state index contributed by atoms with van der Waals surface area (Å²) in [6.07, 6.45) is -0.433. The van der Waals surface area contributed by atoms with Crippen molar-refractivity contribution < 1.29 is 19.5 Å². The number of amides is 2. The number of hydrogen-bond donors (Lipinski definition) is 2. The summed E-state index contributed by atoms with van der Waals surface area (Å²) >= 11 is 0. The highest BCUT2D eigenvalue weighted by Crippen LogP contribution is 2.12. The van der Waals surface area contributed by atoms with E-state index >= 15 is 0 Å². The Labute approximate surface area is 101 Å². The van der Waals surface area contributed by atoms with E-state index in [-0.39, 0.29) is 37.9 Å². The van der Waals surface area contributed by atoms with Crippen LogP contribution in [-0.2, 0) is 14.4 Å². The van der Waals surface area contributed by atoms with Gasteiger partial charge >= 0.3 is 0 Å². The standard InChI is InChI=1S/C11H20N2O4/c1-11(2,3)10(16)12-5-4-9(15)13-6-8(14)7-17-13/h8,14H,4-7H2,1-3H3,(H,12,16). The van der Waals surface area contributed by atoms with Crippen molar-refractivity contribution in [2.24, 2.45) is 5.41 Å². The maximum Gasteiger partial charge on any atom is 0.247 e. The van der Waals surface area contributed by atoms with Crippen molar-refractivity contribution in [1.82, 2.24) is 10.4 Å². The zero-order chi connectivity index (χ0) is 13.1. The first kappa shape index (κ1) is 13.9. The number of carbonyl (C=O) groups excluding carboxylic acids is 2. The van der Waals surface area contributed by atoms with Gasteiger partial charge in [-0.25, -0.2) is 5.06 Å². The molecule has 0 bridgehead atoms. The summed E-state index contributed by atoms with van der Waals surface area (Å²) < 4.78 is 0. The first-order valence-electron chi connectivity index (χ1n) is 5.70. The topological polar surface area (TPSA) is 78.9 Å². The Morgan fingerprint density at radius 3 is 2.59 bits per heavy atom. The van der Waals surface area contributed by atoms with Gasteiger partial charge in [0, 0.05) is 18.4 Å². The van der Waals surface area contributed by atoms with Crippen molar-refractivity contribution in [3.8, 4) is 0 Å². The molecule has 1 saturated heterocycles. The SMILES string of the molecule is CC(C)(C)C(=O)NCCC(=O)N1CC(O)CO1. The highest BCUT2D eigenvalue weighted by molar-refractivity contribution is 5.82. The molecule has 1 unspecified atom stereocenters. The zero-order valence-corrected chi connectivity index (χ0v) is 10.5. The smallest absolute Gasteiger partial charge is 0.247 e. The van der Waals surface area contributed by atoms with E-state index in [1.807, 2.05) is 20.8 Å². The minimum Gasteiger partial charge on any atom is -0.389 e. The van der Waals surface area contributed by atoms with Crippen molar-refractivity contribution in [2.45, 2.75) is 33.3 Å². The molecule has 6 heteroatoms. The van der Waals surface area contributed by atoms with Crippen LogP contribution in [0, 0.1) is 5.41 Å². The lowest BCUT2D eigenvalue weighted by Gasteiger charge is -2.18. The lowest BCUT2D eigenvalue weighted by atomic mass is 9.96. The number of β-amino-alcohol motifs (C(OH)–C–C–N with tert-alkyl or cyclic N) is 1. The van der Waals surface area contributed by atoms with Gasteiger partial charge in [-0.05, 0) is 0 Å². The lowest BCUT2D eigenvalue weighted by Crippen LogP contribution is -2.38. The molecule has 1 atom stereocenters. The average Bonchev–Trinajstić information content (AvgIpc) is 2.63. The normalized spacial score (nSPS) is 20.5. The van der Waals surface area contributed by atoms with Gasteiger partial charge in [-0.2, -0.15) is 0 Å². The molecule has 1 rings (SSSR count). The molecule has 6 nitrogen and oxygen atoms in total. The van der Waals surface area contributed by atoms with Gasteiger partial charge in [0.05, 0.1) is 12.6 Å². The molecule has 0 saturated carbocycles. The highest BCUT2D eigenvalue weighted by Gasteiger charge is 2.26. The maximum absolute atomic E-state index is 11.6. The van der Waals surface area contributed by atoms with Crippen molar-refractivity contribution >= 4 is 11.8 Å². The van der Waals surface area contributed by atoms with E-state index in [1.54, 1.807) is 0 Å². The molecule has 0 spiro atoms. The van der Waals surface area contributed by atoms with Crippen molar-refractivity contribution in [3.05, 3.63) is 0 Å². The molecule has 2 N–H and O–H groups in total. The van der Waals surface area contributed by atoms with Crippen molar-refractivity contribution in [2.75, 3.05) is 19.7 Å². The van der Waals surface area contributed by atoms with Gasteiger partial charge in [-0.1, -0.05) is 20.8 Å². The van der Waals surface area contributed by atoms with E-state index in [1.165, 1.54) is 0 Å². The summed E-state index contributed by atoms with van der Waals surface area (Å²) in [5.74, 6) is -0.316. The first-order chi connectivity index (χ1) is 7.80. The molecule has 98 valence electrons. The average molecular weight is 244 g/mol. The zero-order valence-electron chi connectivity index (χ0n) is 10.5. The van der Waals surface area contributed by atoms with Crippen molar-refractivity contribution in [1.29, 1.82) is 0 Å². The summed E-state index contributed by atoms with van der Waals surface area (Å²) in [4.78, 5) is 28.0. The Bertz CT molecular complexity index is 298. The fourth-order valence-corrected chi connectivity index (χ4v) is 1.32. The summed E-state index contributed by atoms with van der Waals surface area (Å²) in [5, 5.41) is 13.0. The van der Waals surface area contributed by atoms with Gasteiger partial charge in [0.25, 0.3) is 0 Å². The number of aliphatic hydroxyl groups excluding tert-OH is 1. The summed E-state index contributed by atoms with van der Waals surface area (Å²) in [6, 6.07) is 0. The molecule has 2 amide bonds. The quantitative estimate of drug-likeness (QED) is 0.712. The fourth-order valence-electron chi connectivity index (χ4n) is 1.32. The molecule has 1 aliphatic heterocycles. The number of hydrogen-bond acceptors (Lipinski definition) is 4. The number of hydroxylamine groups is 2. The van der Waals surface area contributed by atoms with Crippen LogP contribution in [0.25, 0.3) is 0 Å². The Balaban J connectivity index is 2.23. The fraction of sp³-hybridized carbons (Fsp3) is 0.818. The second-order valence-corrected chi connectivity index (χ2v) is 5.16. The Kier molecular flexibility index (Phi) is 4.47. The van der Waals surface area contributed by atoms with Crippen LogP contribution in [-0.4, -0.2) is 47.8 Å². The minimum absolute atomic E-state index is 0.0901. The van der Waals surface area contributed by atoms with E-state index in [0.717, 1.165) is 5.06 Å². The predicted octanol–water partition coefficient (Wildman–Crippen LogP) is -0.326. The third kappa shape index (κ3) is 4.32. The first-order valence-corrected chi connectivity index (χ1v) is 5.70. The van der Waals surface area contributed by atoms with Crippen LogP contribution >= 0.6 is 0 Å². The molecular weight excluding hydrogens is 224 g/mol. The van der Waals surface area contributed by atoms with Crippen LogP contribution in [0.2, 0.25) is 0 Å². The van der Waals surface area contributed by atoms with E-state index in [0.29, 0.717) is 0 Å². The second kappa shape index (κ2) is 5.46. The molecule has 0 radical (unpaired) electrons. The molecule has 0 aliphatic carbocycles. The van der Waals surface area contributed by atoms with Gasteiger partial charge < -0.3 is 10.4 Å². The van der Waals surface area contributed by atoms with Gasteiger partial charge in [-0.3, -0.25) is 14.4 Å². The van der Waals surface area contributed by atoms with E-state index in [4.69, 9.17) is 4.84 Å². The third-order valence-corrected chi connectivity index (χ3v) is 2.38. The van der Waals surface area contributed by atoms with E-state index < -0.39 is 11.5 Å². The molecule has 17 heavy (non-hydrogen) atoms. The molecule has 1 fully saturated rings. The van der Waals surface area contributed by atoms with Crippen LogP contribution in [0.15, 0.2) is 0 Å². The number of rotatable bonds is 3. The minimum atomic E-state index is -0.608. The number of aliphatic hydroxyl groups is 1. The molecule has 1 heterocycles. The lowest BCUT2D eigenvalue weighted by molar-refractivity contribution is -0.168. The Hall–Kier alpha value is -1.14. The molecule has 0 aromatic carbocycles. The third-order valence-electron chi connectivity index (χ3n) is 2.38. The molecule has 0 aromatic rings. The Morgan fingerprint density at radius 1 is 1.47 bits per heavy atom. The monoisotopic (exact) mass is 244 g/mol. The van der Waals surface area contributed by atoms with Crippen LogP contribution in [0.4, 0.5) is 0 Å². The number of carbonyl (C=O) groups is 2. The van der Waals surface area contributed by atoms with Crippen molar-refractivity contribution in [3.63, 3.8) is 0 Å². The highest BCUT2D eigenvalue weighted by atomic mass is 16.7. The predicted molar refractivity (Wildman–Crippen MR) is 60.8 cm³/mol. The molecular formula is C11H20N2O4. The van der Waals surface area contributed by atoms with E-state index in [9.17, 15) is 14.7 Å². The summed E-state index contributed by atoms with van der Waals surface area (Å²) in [5.41, 5.74) is -0.455.